The fourth-order valence-electron chi connectivity index (χ4n) is 2.48. The third-order valence-corrected chi connectivity index (χ3v) is 3.67. The van der Waals surface area contributed by atoms with Crippen LogP contribution in [0.1, 0.15) is 5.56 Å². The van der Waals surface area contributed by atoms with E-state index in [0.717, 1.165) is 10.9 Å². The molecule has 1 saturated heterocycles. The molecule has 1 fully saturated rings. The molecule has 7 nitrogen and oxygen atoms in total. The number of fused-ring (bicyclic) bond motifs is 1. The van der Waals surface area contributed by atoms with Gasteiger partial charge in [0.25, 0.3) is 0 Å². The Morgan fingerprint density at radius 3 is 2.68 bits per heavy atom. The summed E-state index contributed by atoms with van der Waals surface area (Å²) in [6.07, 6.45) is -4.52. The third-order valence-electron chi connectivity index (χ3n) is 3.67. The van der Waals surface area contributed by atoms with Crippen LogP contribution in [-0.4, -0.2) is 46.5 Å². The van der Waals surface area contributed by atoms with Crippen molar-refractivity contribution in [2.24, 2.45) is 0 Å². The Balaban J connectivity index is 1.87. The largest absolute Gasteiger partial charge is 0.462 e. The molecule has 0 aliphatic carbocycles. The normalized spacial score (nSPS) is 28.2. The van der Waals surface area contributed by atoms with E-state index in [2.05, 4.69) is 0 Å². The lowest BCUT2D eigenvalue weighted by atomic mass is 10.1. The average Bonchev–Trinajstić information content (AvgIpc) is 2.74. The van der Waals surface area contributed by atoms with E-state index in [9.17, 15) is 15.0 Å². The Hall–Kier alpha value is -1.93. The molecular weight excluding hydrogens is 292 g/mol. The number of hydrogen-bond acceptors (Lipinski definition) is 7. The lowest BCUT2D eigenvalue weighted by Crippen LogP contribution is -2.35. The van der Waals surface area contributed by atoms with E-state index in [4.69, 9.17) is 19.0 Å². The summed E-state index contributed by atoms with van der Waals surface area (Å²) >= 11 is 0. The van der Waals surface area contributed by atoms with E-state index < -0.39 is 36.8 Å². The maximum Gasteiger partial charge on any atom is 0.336 e. The molecule has 2 aromatic rings. The summed E-state index contributed by atoms with van der Waals surface area (Å²) < 4.78 is 15.8. The highest BCUT2D eigenvalue weighted by Crippen LogP contribution is 2.27. The van der Waals surface area contributed by atoms with E-state index in [-0.39, 0.29) is 0 Å². The van der Waals surface area contributed by atoms with Gasteiger partial charge in [-0.2, -0.15) is 0 Å². The number of aryl methyl sites for hydroxylation is 1. The number of rotatable bonds is 3. The zero-order valence-corrected chi connectivity index (χ0v) is 11.8. The van der Waals surface area contributed by atoms with Gasteiger partial charge in [0.05, 0.1) is 6.61 Å². The van der Waals surface area contributed by atoms with Crippen molar-refractivity contribution in [1.29, 1.82) is 0 Å². The van der Waals surface area contributed by atoms with Gasteiger partial charge in [0.1, 0.15) is 29.6 Å². The number of aliphatic hydroxyl groups excluding tert-OH is 3. The zero-order valence-electron chi connectivity index (χ0n) is 11.8. The Morgan fingerprint density at radius 2 is 2.00 bits per heavy atom. The number of aliphatic hydroxyl groups is 3. The molecule has 0 radical (unpaired) electrons. The van der Waals surface area contributed by atoms with E-state index in [0.29, 0.717) is 11.3 Å². The summed E-state index contributed by atoms with van der Waals surface area (Å²) in [7, 11) is 0. The fourth-order valence-corrected chi connectivity index (χ4v) is 2.48. The van der Waals surface area contributed by atoms with Gasteiger partial charge in [-0.1, -0.05) is 0 Å². The molecule has 22 heavy (non-hydrogen) atoms. The van der Waals surface area contributed by atoms with Gasteiger partial charge in [0.15, 0.2) is 0 Å². The molecule has 2 heterocycles. The molecule has 0 bridgehead atoms. The highest BCUT2D eigenvalue weighted by molar-refractivity contribution is 5.81. The predicted molar refractivity (Wildman–Crippen MR) is 75.6 cm³/mol. The van der Waals surface area contributed by atoms with Gasteiger partial charge in [-0.05, 0) is 24.6 Å². The molecule has 1 aromatic carbocycles. The van der Waals surface area contributed by atoms with Crippen LogP contribution in [0.2, 0.25) is 0 Å². The van der Waals surface area contributed by atoms with Gasteiger partial charge < -0.3 is 29.2 Å². The summed E-state index contributed by atoms with van der Waals surface area (Å²) in [5, 5.41) is 29.3. The van der Waals surface area contributed by atoms with Crippen LogP contribution in [-0.2, 0) is 4.74 Å². The second-order valence-corrected chi connectivity index (χ2v) is 5.23. The summed E-state index contributed by atoms with van der Waals surface area (Å²) in [6, 6.07) is 6.28. The van der Waals surface area contributed by atoms with Gasteiger partial charge >= 0.3 is 5.63 Å². The van der Waals surface area contributed by atoms with E-state index in [1.807, 2.05) is 0 Å². The second kappa shape index (κ2) is 5.69. The van der Waals surface area contributed by atoms with Crippen molar-refractivity contribution in [2.75, 3.05) is 6.61 Å². The molecular formula is C15H16O7. The van der Waals surface area contributed by atoms with Crippen molar-refractivity contribution in [3.05, 3.63) is 40.2 Å². The molecule has 3 N–H and O–H groups in total. The number of benzene rings is 1. The summed E-state index contributed by atoms with van der Waals surface area (Å²) in [4.78, 5) is 11.4. The number of hydrogen-bond donors (Lipinski definition) is 3. The smallest absolute Gasteiger partial charge is 0.336 e. The second-order valence-electron chi connectivity index (χ2n) is 5.23. The molecule has 0 spiro atoms. The standard InChI is InChI=1S/C15H16O7/c1-7-4-12(17)21-10-5-8(2-3-9(7)10)20-15-14(19)13(18)11(6-16)22-15/h2-5,11,13-16,18-19H,6H2,1H3/t11-,13?,14+,15-/m1/s1. The van der Waals surface area contributed by atoms with Gasteiger partial charge in [0, 0.05) is 17.5 Å². The maximum atomic E-state index is 11.4. The molecule has 0 saturated carbocycles. The van der Waals surface area contributed by atoms with Crippen LogP contribution in [0, 0.1) is 6.92 Å². The highest BCUT2D eigenvalue weighted by Gasteiger charge is 2.43. The van der Waals surface area contributed by atoms with Crippen LogP contribution < -0.4 is 10.4 Å². The first-order chi connectivity index (χ1) is 10.5. The van der Waals surface area contributed by atoms with Crippen LogP contribution in [0.5, 0.6) is 5.75 Å². The first-order valence-electron chi connectivity index (χ1n) is 6.83. The molecule has 1 aromatic heterocycles. The predicted octanol–water partition coefficient (Wildman–Crippen LogP) is -0.0808. The van der Waals surface area contributed by atoms with E-state index >= 15 is 0 Å². The van der Waals surface area contributed by atoms with Crippen molar-refractivity contribution in [3.63, 3.8) is 0 Å². The minimum atomic E-state index is -1.28. The SMILES string of the molecule is Cc1cc(=O)oc2cc(O[C@@H]3O[C@H](CO)C(O)[C@@H]3O)ccc12. The fraction of sp³-hybridized carbons (Fsp3) is 0.400. The Labute approximate surface area is 125 Å². The van der Waals surface area contributed by atoms with Gasteiger partial charge in [0.2, 0.25) is 6.29 Å². The first-order valence-corrected chi connectivity index (χ1v) is 6.83. The average molecular weight is 308 g/mol. The molecule has 1 aliphatic heterocycles. The topological polar surface area (TPSA) is 109 Å². The van der Waals surface area contributed by atoms with E-state index in [1.165, 1.54) is 12.1 Å². The molecule has 7 heteroatoms. The molecule has 0 amide bonds. The van der Waals surface area contributed by atoms with Crippen LogP contribution in [0.3, 0.4) is 0 Å². The lowest BCUT2D eigenvalue weighted by molar-refractivity contribution is -0.116. The maximum absolute atomic E-state index is 11.4. The first kappa shape index (κ1) is 15.0. The number of ether oxygens (including phenoxy) is 2. The molecule has 4 atom stereocenters. The van der Waals surface area contributed by atoms with E-state index in [1.54, 1.807) is 19.1 Å². The van der Waals surface area contributed by atoms with Crippen molar-refractivity contribution < 1.29 is 29.2 Å². The van der Waals surface area contributed by atoms with Crippen LogP contribution in [0.15, 0.2) is 33.5 Å². The van der Waals surface area contributed by atoms with Crippen molar-refractivity contribution in [3.8, 4) is 5.75 Å². The van der Waals surface area contributed by atoms with Gasteiger partial charge in [-0.15, -0.1) is 0 Å². The quantitative estimate of drug-likeness (QED) is 0.680. The Morgan fingerprint density at radius 1 is 1.23 bits per heavy atom. The highest BCUT2D eigenvalue weighted by atomic mass is 16.7. The Bertz CT molecular complexity index is 738. The van der Waals surface area contributed by atoms with Crippen molar-refractivity contribution in [1.82, 2.24) is 0 Å². The summed E-state index contributed by atoms with van der Waals surface area (Å²) in [5.74, 6) is 0.316. The van der Waals surface area contributed by atoms with Crippen molar-refractivity contribution >= 4 is 11.0 Å². The molecule has 3 rings (SSSR count). The lowest BCUT2D eigenvalue weighted by Gasteiger charge is -2.17. The van der Waals surface area contributed by atoms with Gasteiger partial charge in [-0.25, -0.2) is 4.79 Å². The minimum Gasteiger partial charge on any atom is -0.462 e. The Kier molecular flexibility index (Phi) is 3.88. The van der Waals surface area contributed by atoms with Crippen LogP contribution in [0.25, 0.3) is 11.0 Å². The zero-order chi connectivity index (χ0) is 15.9. The monoisotopic (exact) mass is 308 g/mol. The van der Waals surface area contributed by atoms with Crippen LogP contribution in [0.4, 0.5) is 0 Å². The summed E-state index contributed by atoms with van der Waals surface area (Å²) in [6.45, 7) is 1.37. The molecule has 1 unspecified atom stereocenters. The third kappa shape index (κ3) is 2.59. The molecule has 1 aliphatic rings. The molecule has 118 valence electrons. The van der Waals surface area contributed by atoms with Gasteiger partial charge in [-0.3, -0.25) is 0 Å². The van der Waals surface area contributed by atoms with Crippen LogP contribution >= 0.6 is 0 Å². The summed E-state index contributed by atoms with van der Waals surface area (Å²) in [5.41, 5.74) is 0.676. The van der Waals surface area contributed by atoms with Crippen molar-refractivity contribution in [2.45, 2.75) is 31.5 Å². The minimum absolute atomic E-state index is 0.316.